The first-order chi connectivity index (χ1) is 7.93. The van der Waals surface area contributed by atoms with Gasteiger partial charge in [-0.3, -0.25) is 4.79 Å². The van der Waals surface area contributed by atoms with Crippen LogP contribution in [-0.2, 0) is 4.79 Å². The number of carbonyl (C=O) groups excluding carboxylic acids is 1. The van der Waals surface area contributed by atoms with Crippen LogP contribution >= 0.6 is 12.4 Å². The van der Waals surface area contributed by atoms with Crippen LogP contribution in [0.15, 0.2) is 24.3 Å². The van der Waals surface area contributed by atoms with Crippen molar-refractivity contribution in [3.63, 3.8) is 0 Å². The lowest BCUT2D eigenvalue weighted by molar-refractivity contribution is -0.120. The molecule has 1 aromatic carbocycles. The number of rotatable bonds is 5. The molecule has 0 spiro atoms. The molecule has 1 aromatic rings. The van der Waals surface area contributed by atoms with Crippen molar-refractivity contribution in [2.75, 3.05) is 11.9 Å². The highest BCUT2D eigenvalue weighted by atomic mass is 35.5. The first-order valence-corrected chi connectivity index (χ1v) is 5.76. The van der Waals surface area contributed by atoms with Gasteiger partial charge in [-0.25, -0.2) is 0 Å². The van der Waals surface area contributed by atoms with E-state index in [0.29, 0.717) is 6.61 Å². The van der Waals surface area contributed by atoms with Gasteiger partial charge in [-0.15, -0.1) is 12.4 Å². The molecule has 0 bridgehead atoms. The minimum absolute atomic E-state index is 0. The van der Waals surface area contributed by atoms with Crippen molar-refractivity contribution in [1.29, 1.82) is 0 Å². The first kappa shape index (κ1) is 16.7. The van der Waals surface area contributed by atoms with E-state index in [1.54, 1.807) is 26.0 Å². The second-order valence-electron chi connectivity index (χ2n) is 4.55. The van der Waals surface area contributed by atoms with E-state index >= 15 is 0 Å². The quantitative estimate of drug-likeness (QED) is 0.866. The van der Waals surface area contributed by atoms with E-state index in [9.17, 15) is 4.79 Å². The summed E-state index contributed by atoms with van der Waals surface area (Å²) in [5.41, 5.74) is 5.53. The third-order valence-corrected chi connectivity index (χ3v) is 2.17. The van der Waals surface area contributed by atoms with Crippen molar-refractivity contribution >= 4 is 24.0 Å². The van der Waals surface area contributed by atoms with E-state index in [1.165, 1.54) is 0 Å². The summed E-state index contributed by atoms with van der Waals surface area (Å²) in [6.45, 7) is 6.08. The van der Waals surface area contributed by atoms with Crippen LogP contribution in [0.5, 0.6) is 5.75 Å². The topological polar surface area (TPSA) is 64.3 Å². The van der Waals surface area contributed by atoms with Crippen LogP contribution in [0.4, 0.5) is 5.69 Å². The monoisotopic (exact) mass is 272 g/mol. The molecule has 0 saturated heterocycles. The Morgan fingerprint density at radius 3 is 2.33 bits per heavy atom. The molecule has 4 nitrogen and oxygen atoms in total. The van der Waals surface area contributed by atoms with Gasteiger partial charge in [-0.1, -0.05) is 6.92 Å². The maximum Gasteiger partial charge on any atom is 0.243 e. The fourth-order valence-corrected chi connectivity index (χ4v) is 1.15. The Labute approximate surface area is 114 Å². The van der Waals surface area contributed by atoms with E-state index < -0.39 is 5.54 Å². The maximum absolute atomic E-state index is 11.6. The van der Waals surface area contributed by atoms with Crippen molar-refractivity contribution in [3.05, 3.63) is 24.3 Å². The van der Waals surface area contributed by atoms with E-state index in [4.69, 9.17) is 10.5 Å². The molecule has 0 fully saturated rings. The summed E-state index contributed by atoms with van der Waals surface area (Å²) < 4.78 is 5.44. The van der Waals surface area contributed by atoms with Crippen LogP contribution in [0.1, 0.15) is 27.2 Å². The number of amides is 1. The van der Waals surface area contributed by atoms with Gasteiger partial charge < -0.3 is 15.8 Å². The predicted octanol–water partition coefficient (Wildman–Crippen LogP) is 2.57. The number of carbonyl (C=O) groups is 1. The van der Waals surface area contributed by atoms with E-state index in [2.05, 4.69) is 12.2 Å². The van der Waals surface area contributed by atoms with Gasteiger partial charge in [0.25, 0.3) is 0 Å². The SMILES string of the molecule is CCCOc1ccc(NC(=O)C(C)(C)N)cc1.Cl. The zero-order valence-electron chi connectivity index (χ0n) is 11.0. The Kier molecular flexibility index (Phi) is 6.73. The molecule has 0 saturated carbocycles. The molecule has 0 aromatic heterocycles. The van der Waals surface area contributed by atoms with Gasteiger partial charge in [0.15, 0.2) is 0 Å². The molecule has 1 amide bonds. The van der Waals surface area contributed by atoms with Crippen molar-refractivity contribution in [2.24, 2.45) is 5.73 Å². The van der Waals surface area contributed by atoms with Crippen molar-refractivity contribution in [1.82, 2.24) is 0 Å². The van der Waals surface area contributed by atoms with Crippen LogP contribution in [0, 0.1) is 0 Å². The lowest BCUT2D eigenvalue weighted by atomic mass is 10.1. The van der Waals surface area contributed by atoms with E-state index in [0.717, 1.165) is 17.9 Å². The Bertz CT molecular complexity index is 372. The zero-order chi connectivity index (χ0) is 12.9. The number of nitrogens with one attached hydrogen (secondary N) is 1. The summed E-state index contributed by atoms with van der Waals surface area (Å²) >= 11 is 0. The molecule has 0 aliphatic carbocycles. The molecule has 0 unspecified atom stereocenters. The van der Waals surface area contributed by atoms with Gasteiger partial charge in [-0.2, -0.15) is 0 Å². The fourth-order valence-electron chi connectivity index (χ4n) is 1.15. The summed E-state index contributed by atoms with van der Waals surface area (Å²) in [7, 11) is 0. The predicted molar refractivity (Wildman–Crippen MR) is 76.4 cm³/mol. The highest BCUT2D eigenvalue weighted by molar-refractivity contribution is 5.97. The van der Waals surface area contributed by atoms with Crippen molar-refractivity contribution in [3.8, 4) is 5.75 Å². The Balaban J connectivity index is 0.00000289. The smallest absolute Gasteiger partial charge is 0.243 e. The molecule has 0 radical (unpaired) electrons. The molecule has 18 heavy (non-hydrogen) atoms. The number of ether oxygens (including phenoxy) is 1. The van der Waals surface area contributed by atoms with Gasteiger partial charge in [0.1, 0.15) is 5.75 Å². The minimum Gasteiger partial charge on any atom is -0.494 e. The first-order valence-electron chi connectivity index (χ1n) is 5.76. The second kappa shape index (κ2) is 7.24. The van der Waals surface area contributed by atoms with Crippen LogP contribution in [-0.4, -0.2) is 18.1 Å². The molecule has 0 aliphatic heterocycles. The summed E-state index contributed by atoms with van der Waals surface area (Å²) in [6, 6.07) is 7.26. The second-order valence-corrected chi connectivity index (χ2v) is 4.55. The van der Waals surface area contributed by atoms with Crippen molar-refractivity contribution in [2.45, 2.75) is 32.7 Å². The largest absolute Gasteiger partial charge is 0.494 e. The van der Waals surface area contributed by atoms with Crippen LogP contribution in [0.25, 0.3) is 0 Å². The fraction of sp³-hybridized carbons (Fsp3) is 0.462. The molecular formula is C13H21ClN2O2. The number of hydrogen-bond acceptors (Lipinski definition) is 3. The molecule has 0 heterocycles. The van der Waals surface area contributed by atoms with Crippen molar-refractivity contribution < 1.29 is 9.53 Å². The standard InChI is InChI=1S/C13H20N2O2.ClH/c1-4-9-17-11-7-5-10(6-8-11)15-12(16)13(2,3)14;/h5-8H,4,9,14H2,1-3H3,(H,15,16);1H. The third-order valence-electron chi connectivity index (χ3n) is 2.17. The summed E-state index contributed by atoms with van der Waals surface area (Å²) in [5.74, 6) is 0.594. The average molecular weight is 273 g/mol. The number of nitrogens with two attached hydrogens (primary N) is 1. The van der Waals surface area contributed by atoms with Crippen LogP contribution < -0.4 is 15.8 Å². The Morgan fingerprint density at radius 2 is 1.89 bits per heavy atom. The Morgan fingerprint density at radius 1 is 1.33 bits per heavy atom. The van der Waals surface area contributed by atoms with Crippen LogP contribution in [0.2, 0.25) is 0 Å². The van der Waals surface area contributed by atoms with E-state index in [1.807, 2.05) is 12.1 Å². The number of hydrogen-bond donors (Lipinski definition) is 2. The number of halogens is 1. The summed E-state index contributed by atoms with van der Waals surface area (Å²) in [4.78, 5) is 11.6. The van der Waals surface area contributed by atoms with Crippen LogP contribution in [0.3, 0.4) is 0 Å². The van der Waals surface area contributed by atoms with Gasteiger partial charge in [0, 0.05) is 5.69 Å². The molecule has 102 valence electrons. The maximum atomic E-state index is 11.6. The number of benzene rings is 1. The van der Waals surface area contributed by atoms with Gasteiger partial charge in [-0.05, 0) is 44.5 Å². The lowest BCUT2D eigenvalue weighted by Gasteiger charge is -2.17. The zero-order valence-corrected chi connectivity index (χ0v) is 11.8. The molecular weight excluding hydrogens is 252 g/mol. The average Bonchev–Trinajstić information content (AvgIpc) is 2.27. The molecule has 3 N–H and O–H groups in total. The highest BCUT2D eigenvalue weighted by Gasteiger charge is 2.21. The Hall–Kier alpha value is -1.26. The number of anilines is 1. The molecule has 0 aliphatic rings. The summed E-state index contributed by atoms with van der Waals surface area (Å²) in [5, 5.41) is 2.75. The molecule has 5 heteroatoms. The summed E-state index contributed by atoms with van der Waals surface area (Å²) in [6.07, 6.45) is 0.972. The third kappa shape index (κ3) is 5.38. The van der Waals surface area contributed by atoms with Gasteiger partial charge >= 0.3 is 0 Å². The van der Waals surface area contributed by atoms with Gasteiger partial charge in [0.2, 0.25) is 5.91 Å². The normalized spacial score (nSPS) is 10.4. The minimum atomic E-state index is -0.878. The highest BCUT2D eigenvalue weighted by Crippen LogP contribution is 2.16. The molecule has 0 atom stereocenters. The molecule has 1 rings (SSSR count). The lowest BCUT2D eigenvalue weighted by Crippen LogP contribution is -2.45. The van der Waals surface area contributed by atoms with E-state index in [-0.39, 0.29) is 18.3 Å². The van der Waals surface area contributed by atoms with Gasteiger partial charge in [0.05, 0.1) is 12.1 Å².